The van der Waals surface area contributed by atoms with Crippen molar-refractivity contribution in [1.82, 2.24) is 10.3 Å². The normalized spacial score (nSPS) is 14.2. The lowest BCUT2D eigenvalue weighted by molar-refractivity contribution is 0.485. The highest BCUT2D eigenvalue weighted by molar-refractivity contribution is 6.01. The Morgan fingerprint density at radius 1 is 0.913 bits per heavy atom. The Kier molecular flexibility index (Phi) is 3.64. The predicted octanol–water partition coefficient (Wildman–Crippen LogP) is 3.77. The Labute approximate surface area is 134 Å². The third kappa shape index (κ3) is 2.75. The van der Waals surface area contributed by atoms with E-state index in [0.717, 1.165) is 53.3 Å². The average molecular weight is 303 g/mol. The fourth-order valence-electron chi connectivity index (χ4n) is 2.74. The van der Waals surface area contributed by atoms with E-state index in [4.69, 9.17) is 4.74 Å². The first-order valence-electron chi connectivity index (χ1n) is 7.81. The van der Waals surface area contributed by atoms with Crippen LogP contribution in [0.3, 0.4) is 0 Å². The van der Waals surface area contributed by atoms with E-state index in [1.54, 1.807) is 6.20 Å². The summed E-state index contributed by atoms with van der Waals surface area (Å²) < 4.78 is 6.19. The standard InChI is InChI=1S/C19H17N3O/c1-2-9-16(15(8-1)19-21-12-5-13-22-19)23-17-10-3-6-14-7-4-11-20-18(14)17/h1-4,6-11H,5,12-13H2,(H,21,22). The van der Waals surface area contributed by atoms with Crippen LogP contribution in [0.5, 0.6) is 11.5 Å². The van der Waals surface area contributed by atoms with Crippen molar-refractivity contribution in [1.29, 1.82) is 0 Å². The summed E-state index contributed by atoms with van der Waals surface area (Å²) in [4.78, 5) is 9.02. The number of para-hydroxylation sites is 2. The maximum Gasteiger partial charge on any atom is 0.153 e. The minimum absolute atomic E-state index is 0.756. The molecule has 0 amide bonds. The van der Waals surface area contributed by atoms with Gasteiger partial charge in [0.2, 0.25) is 0 Å². The van der Waals surface area contributed by atoms with Gasteiger partial charge in [-0.3, -0.25) is 9.98 Å². The summed E-state index contributed by atoms with van der Waals surface area (Å²) in [7, 11) is 0. The molecule has 0 fully saturated rings. The molecule has 0 saturated heterocycles. The van der Waals surface area contributed by atoms with Crippen LogP contribution >= 0.6 is 0 Å². The minimum atomic E-state index is 0.756. The van der Waals surface area contributed by atoms with Crippen LogP contribution in [0.1, 0.15) is 12.0 Å². The van der Waals surface area contributed by atoms with E-state index in [-0.39, 0.29) is 0 Å². The molecule has 1 N–H and O–H groups in total. The molecular weight excluding hydrogens is 286 g/mol. The van der Waals surface area contributed by atoms with E-state index in [0.29, 0.717) is 0 Å². The molecule has 4 heteroatoms. The van der Waals surface area contributed by atoms with Crippen molar-refractivity contribution in [3.63, 3.8) is 0 Å². The van der Waals surface area contributed by atoms with Gasteiger partial charge in [0.1, 0.15) is 17.1 Å². The van der Waals surface area contributed by atoms with Crippen LogP contribution in [0.25, 0.3) is 10.9 Å². The third-order valence-electron chi connectivity index (χ3n) is 3.86. The van der Waals surface area contributed by atoms with Crippen LogP contribution in [-0.2, 0) is 0 Å². The lowest BCUT2D eigenvalue weighted by atomic mass is 10.1. The number of aromatic nitrogens is 1. The number of aliphatic imine (C=N–C) groups is 1. The predicted molar refractivity (Wildman–Crippen MR) is 92.3 cm³/mol. The summed E-state index contributed by atoms with van der Waals surface area (Å²) in [6.45, 7) is 1.80. The van der Waals surface area contributed by atoms with Gasteiger partial charge in [0, 0.05) is 24.7 Å². The van der Waals surface area contributed by atoms with Gasteiger partial charge in [-0.25, -0.2) is 0 Å². The Morgan fingerprint density at radius 3 is 2.70 bits per heavy atom. The van der Waals surface area contributed by atoms with Crippen LogP contribution in [0.15, 0.2) is 65.8 Å². The zero-order valence-electron chi connectivity index (χ0n) is 12.7. The third-order valence-corrected chi connectivity index (χ3v) is 3.86. The first kappa shape index (κ1) is 13.8. The minimum Gasteiger partial charge on any atom is -0.454 e. The lowest BCUT2D eigenvalue weighted by Gasteiger charge is -2.18. The lowest BCUT2D eigenvalue weighted by Crippen LogP contribution is -2.30. The number of fused-ring (bicyclic) bond motifs is 1. The Bertz CT molecular complexity index is 868. The molecule has 2 aromatic carbocycles. The van der Waals surface area contributed by atoms with E-state index >= 15 is 0 Å². The molecule has 23 heavy (non-hydrogen) atoms. The zero-order chi connectivity index (χ0) is 15.5. The van der Waals surface area contributed by atoms with Gasteiger partial charge in [0.25, 0.3) is 0 Å². The van der Waals surface area contributed by atoms with Crippen molar-refractivity contribution in [2.75, 3.05) is 13.1 Å². The molecule has 0 atom stereocenters. The molecule has 3 aromatic rings. The highest BCUT2D eigenvalue weighted by Crippen LogP contribution is 2.30. The van der Waals surface area contributed by atoms with Crippen molar-refractivity contribution in [2.24, 2.45) is 4.99 Å². The second-order valence-electron chi connectivity index (χ2n) is 5.44. The smallest absolute Gasteiger partial charge is 0.153 e. The quantitative estimate of drug-likeness (QED) is 0.801. The Morgan fingerprint density at radius 2 is 1.78 bits per heavy atom. The molecule has 1 aromatic heterocycles. The van der Waals surface area contributed by atoms with E-state index in [1.165, 1.54) is 0 Å². The molecule has 0 unspecified atom stereocenters. The SMILES string of the molecule is c1ccc(C2=NCCCN2)c(Oc2cccc3cccnc23)c1. The number of hydrogen-bond acceptors (Lipinski definition) is 4. The van der Waals surface area contributed by atoms with E-state index in [9.17, 15) is 0 Å². The number of benzene rings is 2. The van der Waals surface area contributed by atoms with Gasteiger partial charge in [-0.05, 0) is 30.7 Å². The summed E-state index contributed by atoms with van der Waals surface area (Å²) >= 11 is 0. The largest absolute Gasteiger partial charge is 0.454 e. The summed E-state index contributed by atoms with van der Waals surface area (Å²) in [5.41, 5.74) is 1.85. The summed E-state index contributed by atoms with van der Waals surface area (Å²) in [6.07, 6.45) is 2.85. The molecule has 2 heterocycles. The van der Waals surface area contributed by atoms with Crippen LogP contribution in [0.4, 0.5) is 0 Å². The van der Waals surface area contributed by atoms with Crippen molar-refractivity contribution in [2.45, 2.75) is 6.42 Å². The van der Waals surface area contributed by atoms with Gasteiger partial charge >= 0.3 is 0 Å². The number of ether oxygens (including phenoxy) is 1. The van der Waals surface area contributed by atoms with E-state index < -0.39 is 0 Å². The summed E-state index contributed by atoms with van der Waals surface area (Å²) in [5.74, 6) is 2.45. The maximum absolute atomic E-state index is 6.19. The fourth-order valence-corrected chi connectivity index (χ4v) is 2.74. The van der Waals surface area contributed by atoms with Gasteiger partial charge in [0.05, 0.1) is 5.56 Å². The molecule has 0 spiro atoms. The number of hydrogen-bond donors (Lipinski definition) is 1. The molecule has 0 saturated carbocycles. The molecule has 4 nitrogen and oxygen atoms in total. The van der Waals surface area contributed by atoms with E-state index in [1.807, 2.05) is 54.6 Å². The molecule has 1 aliphatic heterocycles. The van der Waals surface area contributed by atoms with Crippen molar-refractivity contribution >= 4 is 16.7 Å². The van der Waals surface area contributed by atoms with Crippen LogP contribution in [-0.4, -0.2) is 23.9 Å². The van der Waals surface area contributed by atoms with Gasteiger partial charge in [-0.15, -0.1) is 0 Å². The molecule has 0 aliphatic carbocycles. The number of amidine groups is 1. The van der Waals surface area contributed by atoms with Gasteiger partial charge in [-0.1, -0.05) is 30.3 Å². The Hall–Kier alpha value is -2.88. The van der Waals surface area contributed by atoms with Gasteiger partial charge in [-0.2, -0.15) is 0 Å². The molecule has 0 bridgehead atoms. The first-order chi connectivity index (χ1) is 11.4. The highest BCUT2D eigenvalue weighted by Gasteiger charge is 2.14. The average Bonchev–Trinajstić information content (AvgIpc) is 2.63. The van der Waals surface area contributed by atoms with Crippen LogP contribution in [0.2, 0.25) is 0 Å². The van der Waals surface area contributed by atoms with Crippen molar-refractivity contribution < 1.29 is 4.74 Å². The number of pyridine rings is 1. The molecule has 0 radical (unpaired) electrons. The zero-order valence-corrected chi connectivity index (χ0v) is 12.7. The topological polar surface area (TPSA) is 46.5 Å². The molecule has 4 rings (SSSR count). The first-order valence-corrected chi connectivity index (χ1v) is 7.81. The summed E-state index contributed by atoms with van der Waals surface area (Å²) in [6, 6.07) is 17.9. The van der Waals surface area contributed by atoms with E-state index in [2.05, 4.69) is 15.3 Å². The number of nitrogens with one attached hydrogen (secondary N) is 1. The monoisotopic (exact) mass is 303 g/mol. The Balaban J connectivity index is 1.75. The van der Waals surface area contributed by atoms with Gasteiger partial charge < -0.3 is 10.1 Å². The second kappa shape index (κ2) is 6.08. The fraction of sp³-hybridized carbons (Fsp3) is 0.158. The van der Waals surface area contributed by atoms with Crippen LogP contribution in [0, 0.1) is 0 Å². The molecule has 114 valence electrons. The second-order valence-corrected chi connectivity index (χ2v) is 5.44. The van der Waals surface area contributed by atoms with Crippen molar-refractivity contribution in [3.05, 3.63) is 66.4 Å². The van der Waals surface area contributed by atoms with Gasteiger partial charge in [0.15, 0.2) is 5.75 Å². The van der Waals surface area contributed by atoms with Crippen LogP contribution < -0.4 is 10.1 Å². The number of rotatable bonds is 3. The highest BCUT2D eigenvalue weighted by atomic mass is 16.5. The van der Waals surface area contributed by atoms with Crippen molar-refractivity contribution in [3.8, 4) is 11.5 Å². The summed E-state index contributed by atoms with van der Waals surface area (Å²) in [5, 5.41) is 4.42. The molecular formula is C19H17N3O. The maximum atomic E-state index is 6.19. The number of nitrogens with zero attached hydrogens (tertiary/aromatic N) is 2. The molecule has 1 aliphatic rings.